The van der Waals surface area contributed by atoms with Crippen molar-refractivity contribution in [3.8, 4) is 0 Å². The fourth-order valence-corrected chi connectivity index (χ4v) is 5.21. The molecule has 2 rings (SSSR count). The molecule has 4 nitrogen and oxygen atoms in total. The van der Waals surface area contributed by atoms with Crippen molar-refractivity contribution in [3.63, 3.8) is 0 Å². The van der Waals surface area contributed by atoms with Crippen LogP contribution >= 0.6 is 11.6 Å². The lowest BCUT2D eigenvalue weighted by atomic mass is 9.83. The zero-order chi connectivity index (χ0) is 17.4. The van der Waals surface area contributed by atoms with Crippen molar-refractivity contribution in [2.45, 2.75) is 50.2 Å². The number of benzene rings is 1. The third-order valence-corrected chi connectivity index (χ3v) is 8.01. The number of rotatable bonds is 9. The van der Waals surface area contributed by atoms with E-state index in [0.29, 0.717) is 12.0 Å². The first-order chi connectivity index (χ1) is 11.6. The van der Waals surface area contributed by atoms with E-state index in [2.05, 4.69) is 12.1 Å². The second-order valence-electron chi connectivity index (χ2n) is 6.29. The van der Waals surface area contributed by atoms with Gasteiger partial charge in [0.05, 0.1) is 6.10 Å². The second kappa shape index (κ2) is 9.90. The van der Waals surface area contributed by atoms with Crippen LogP contribution in [0.5, 0.6) is 0 Å². The van der Waals surface area contributed by atoms with Crippen LogP contribution in [0.15, 0.2) is 24.3 Å². The summed E-state index contributed by atoms with van der Waals surface area (Å²) in [5.41, 5.74) is 1.40. The van der Waals surface area contributed by atoms with Crippen molar-refractivity contribution in [3.05, 3.63) is 34.9 Å². The molecule has 136 valence electrons. The van der Waals surface area contributed by atoms with E-state index in [1.54, 1.807) is 21.3 Å². The van der Waals surface area contributed by atoms with Gasteiger partial charge in [-0.15, -0.1) is 0 Å². The zero-order valence-electron chi connectivity index (χ0n) is 14.9. The smallest absolute Gasteiger partial charge is 0.378 e. The Morgan fingerprint density at radius 1 is 0.958 bits per heavy atom. The van der Waals surface area contributed by atoms with Crippen LogP contribution in [0.25, 0.3) is 0 Å². The van der Waals surface area contributed by atoms with Gasteiger partial charge in [0.2, 0.25) is 0 Å². The summed E-state index contributed by atoms with van der Waals surface area (Å²) in [4.78, 5) is 0. The van der Waals surface area contributed by atoms with Gasteiger partial charge in [-0.05, 0) is 55.7 Å². The molecule has 0 atom stereocenters. The largest absolute Gasteiger partial charge is 0.500 e. The lowest BCUT2D eigenvalue weighted by Gasteiger charge is -2.29. The molecular weight excluding hydrogens is 344 g/mol. The third-order valence-electron chi connectivity index (χ3n) is 4.93. The van der Waals surface area contributed by atoms with Gasteiger partial charge in [-0.2, -0.15) is 0 Å². The fraction of sp³-hybridized carbons (Fsp3) is 0.667. The molecule has 0 N–H and O–H groups in total. The van der Waals surface area contributed by atoms with E-state index in [-0.39, 0.29) is 0 Å². The summed E-state index contributed by atoms with van der Waals surface area (Å²) in [5.74, 6) is 0.637. The molecule has 24 heavy (non-hydrogen) atoms. The Morgan fingerprint density at radius 3 is 2.08 bits per heavy atom. The first kappa shape index (κ1) is 19.9. The summed E-state index contributed by atoms with van der Waals surface area (Å²) >= 11 is 5.96. The summed E-state index contributed by atoms with van der Waals surface area (Å²) in [6.45, 7) is 0.737. The van der Waals surface area contributed by atoms with Gasteiger partial charge < -0.3 is 18.0 Å². The van der Waals surface area contributed by atoms with Crippen LogP contribution in [0.3, 0.4) is 0 Å². The lowest BCUT2D eigenvalue weighted by Crippen LogP contribution is -2.42. The van der Waals surface area contributed by atoms with Gasteiger partial charge in [-0.3, -0.25) is 0 Å². The predicted octanol–water partition coefficient (Wildman–Crippen LogP) is 4.65. The van der Waals surface area contributed by atoms with Crippen LogP contribution in [0.1, 0.15) is 43.6 Å². The minimum Gasteiger partial charge on any atom is -0.378 e. The number of halogens is 1. The van der Waals surface area contributed by atoms with E-state index >= 15 is 0 Å². The van der Waals surface area contributed by atoms with Crippen molar-refractivity contribution >= 4 is 20.4 Å². The van der Waals surface area contributed by atoms with Crippen LogP contribution in [0.2, 0.25) is 11.1 Å². The predicted molar refractivity (Wildman–Crippen MR) is 98.6 cm³/mol. The highest BCUT2D eigenvalue weighted by molar-refractivity contribution is 6.60. The highest BCUT2D eigenvalue weighted by Gasteiger charge is 2.37. The summed E-state index contributed by atoms with van der Waals surface area (Å²) in [6, 6.07) is 9.06. The standard InChI is InChI=1S/C18H29ClO4Si/c1-20-24(21-2,22-3)14-4-13-23-18-11-7-16(8-12-18)15-5-9-17(19)10-6-15/h5-6,9-10,16,18H,4,7-8,11-14H2,1-3H3/t16-,18-. The van der Waals surface area contributed by atoms with E-state index in [1.165, 1.54) is 18.4 Å². The summed E-state index contributed by atoms with van der Waals surface area (Å²) in [6.07, 6.45) is 5.87. The maximum absolute atomic E-state index is 6.05. The number of hydrogen-bond donors (Lipinski definition) is 0. The first-order valence-electron chi connectivity index (χ1n) is 8.65. The maximum Gasteiger partial charge on any atom is 0.500 e. The highest BCUT2D eigenvalue weighted by atomic mass is 35.5. The molecule has 0 aliphatic heterocycles. The quantitative estimate of drug-likeness (QED) is 0.467. The van der Waals surface area contributed by atoms with Crippen LogP contribution in [-0.2, 0) is 18.0 Å². The van der Waals surface area contributed by atoms with E-state index in [9.17, 15) is 0 Å². The highest BCUT2D eigenvalue weighted by Crippen LogP contribution is 2.34. The molecule has 0 radical (unpaired) electrons. The first-order valence-corrected chi connectivity index (χ1v) is 11.0. The van der Waals surface area contributed by atoms with Gasteiger partial charge >= 0.3 is 8.80 Å². The zero-order valence-corrected chi connectivity index (χ0v) is 16.7. The normalized spacial score (nSPS) is 21.8. The molecule has 0 bridgehead atoms. The third kappa shape index (κ3) is 5.54. The average molecular weight is 373 g/mol. The Morgan fingerprint density at radius 2 is 1.54 bits per heavy atom. The van der Waals surface area contributed by atoms with Gasteiger partial charge in [0.15, 0.2) is 0 Å². The molecule has 6 heteroatoms. The molecular formula is C18H29ClO4Si. The monoisotopic (exact) mass is 372 g/mol. The fourth-order valence-electron chi connectivity index (χ4n) is 3.39. The Labute approximate surface area is 151 Å². The van der Waals surface area contributed by atoms with Gasteiger partial charge in [0.1, 0.15) is 0 Å². The van der Waals surface area contributed by atoms with Crippen LogP contribution < -0.4 is 0 Å². The van der Waals surface area contributed by atoms with Crippen LogP contribution in [0.4, 0.5) is 0 Å². The van der Waals surface area contributed by atoms with Crippen molar-refractivity contribution in [1.82, 2.24) is 0 Å². The molecule has 0 saturated heterocycles. The van der Waals surface area contributed by atoms with Crippen molar-refractivity contribution < 1.29 is 18.0 Å². The summed E-state index contributed by atoms with van der Waals surface area (Å²) in [5, 5.41) is 0.804. The van der Waals surface area contributed by atoms with Crippen LogP contribution in [0, 0.1) is 0 Å². The van der Waals surface area contributed by atoms with Gasteiger partial charge in [0, 0.05) is 39.0 Å². The maximum atomic E-state index is 6.05. The SMILES string of the molecule is CO[Si](CCCO[C@H]1CC[C@H](c2ccc(Cl)cc2)CC1)(OC)OC. The van der Waals surface area contributed by atoms with E-state index in [4.69, 9.17) is 29.6 Å². The van der Waals surface area contributed by atoms with Gasteiger partial charge in [-0.1, -0.05) is 23.7 Å². The Hall–Kier alpha value is -0.433. The van der Waals surface area contributed by atoms with E-state index in [1.807, 2.05) is 12.1 Å². The molecule has 0 unspecified atom stereocenters. The minimum absolute atomic E-state index is 0.372. The lowest BCUT2D eigenvalue weighted by molar-refractivity contribution is 0.0225. The molecule has 1 aromatic rings. The van der Waals surface area contributed by atoms with Gasteiger partial charge in [-0.25, -0.2) is 0 Å². The molecule has 1 aromatic carbocycles. The minimum atomic E-state index is -2.45. The Bertz CT molecular complexity index is 462. The summed E-state index contributed by atoms with van der Waals surface area (Å²) in [7, 11) is 2.50. The average Bonchev–Trinajstić information content (AvgIpc) is 2.64. The number of ether oxygens (including phenoxy) is 1. The van der Waals surface area contributed by atoms with Crippen molar-refractivity contribution in [2.24, 2.45) is 0 Å². The Kier molecular flexibility index (Phi) is 8.20. The Balaban J connectivity index is 1.67. The summed E-state index contributed by atoms with van der Waals surface area (Å²) < 4.78 is 22.3. The second-order valence-corrected chi connectivity index (χ2v) is 9.82. The molecule has 0 heterocycles. The molecule has 1 aliphatic carbocycles. The molecule has 0 amide bonds. The molecule has 1 fully saturated rings. The van der Waals surface area contributed by atoms with Crippen molar-refractivity contribution in [1.29, 1.82) is 0 Å². The molecule has 1 aliphatic rings. The van der Waals surface area contributed by atoms with Gasteiger partial charge in [0.25, 0.3) is 0 Å². The van der Waals surface area contributed by atoms with E-state index < -0.39 is 8.80 Å². The molecule has 1 saturated carbocycles. The topological polar surface area (TPSA) is 36.9 Å². The number of hydrogen-bond acceptors (Lipinski definition) is 4. The molecule has 0 aromatic heterocycles. The molecule has 0 spiro atoms. The van der Waals surface area contributed by atoms with E-state index in [0.717, 1.165) is 36.9 Å². The van der Waals surface area contributed by atoms with Crippen molar-refractivity contribution in [2.75, 3.05) is 27.9 Å². The van der Waals surface area contributed by atoms with Crippen LogP contribution in [-0.4, -0.2) is 42.8 Å².